The van der Waals surface area contributed by atoms with E-state index in [0.29, 0.717) is 17.8 Å². The van der Waals surface area contributed by atoms with Crippen molar-refractivity contribution < 1.29 is 14.7 Å². The summed E-state index contributed by atoms with van der Waals surface area (Å²) in [5.41, 5.74) is 1.26. The Balaban J connectivity index is 2.56. The maximum atomic E-state index is 11.5. The van der Waals surface area contributed by atoms with Crippen LogP contribution in [0.1, 0.15) is 26.7 Å². The molecule has 0 bridgehead atoms. The third-order valence-electron chi connectivity index (χ3n) is 2.26. The predicted octanol–water partition coefficient (Wildman–Crippen LogP) is 1.74. The average Bonchev–Trinajstić information content (AvgIpc) is 2.26. The van der Waals surface area contributed by atoms with Gasteiger partial charge in [0.05, 0.1) is 6.10 Å². The van der Waals surface area contributed by atoms with Gasteiger partial charge in [-0.15, -0.1) is 0 Å². The molecule has 1 rings (SSSR count). The number of anilines is 2. The first-order valence-electron chi connectivity index (χ1n) is 5.83. The summed E-state index contributed by atoms with van der Waals surface area (Å²) in [4.78, 5) is 22.4. The Morgan fingerprint density at radius 3 is 2.44 bits per heavy atom. The fraction of sp³-hybridized carbons (Fsp3) is 0.385. The van der Waals surface area contributed by atoms with Gasteiger partial charge >= 0.3 is 0 Å². The van der Waals surface area contributed by atoms with Gasteiger partial charge in [0.2, 0.25) is 11.8 Å². The molecule has 0 fully saturated rings. The van der Waals surface area contributed by atoms with E-state index in [1.807, 2.05) is 0 Å². The molecule has 0 aliphatic rings. The molecule has 0 saturated heterocycles. The standard InChI is InChI=1S/C13H18N2O3/c1-9(16)6-7-13(18)15-12-5-3-4-11(8-12)14-10(2)17/h3-5,8-9,16H,6-7H2,1-2H3,(H,14,17)(H,15,18). The van der Waals surface area contributed by atoms with Crippen LogP contribution in [0.4, 0.5) is 11.4 Å². The van der Waals surface area contributed by atoms with E-state index in [4.69, 9.17) is 5.11 Å². The highest BCUT2D eigenvalue weighted by molar-refractivity contribution is 5.93. The number of amides is 2. The van der Waals surface area contributed by atoms with E-state index in [0.717, 1.165) is 0 Å². The Labute approximate surface area is 106 Å². The number of hydrogen-bond donors (Lipinski definition) is 3. The van der Waals surface area contributed by atoms with Crippen LogP contribution in [-0.2, 0) is 9.59 Å². The second-order valence-electron chi connectivity index (χ2n) is 4.20. The molecule has 0 spiro atoms. The van der Waals surface area contributed by atoms with Gasteiger partial charge in [-0.25, -0.2) is 0 Å². The third kappa shape index (κ3) is 5.45. The largest absolute Gasteiger partial charge is 0.393 e. The molecule has 1 atom stereocenters. The van der Waals surface area contributed by atoms with E-state index in [9.17, 15) is 9.59 Å². The van der Waals surface area contributed by atoms with E-state index in [2.05, 4.69) is 10.6 Å². The monoisotopic (exact) mass is 250 g/mol. The van der Waals surface area contributed by atoms with Crippen LogP contribution in [0.15, 0.2) is 24.3 Å². The zero-order valence-electron chi connectivity index (χ0n) is 10.6. The normalized spacial score (nSPS) is 11.7. The fourth-order valence-electron chi connectivity index (χ4n) is 1.44. The Kier molecular flexibility index (Phi) is 5.32. The molecule has 5 nitrogen and oxygen atoms in total. The van der Waals surface area contributed by atoms with Gasteiger partial charge in [-0.05, 0) is 31.5 Å². The molecule has 1 aromatic rings. The number of aliphatic hydroxyl groups is 1. The van der Waals surface area contributed by atoms with Crippen molar-refractivity contribution >= 4 is 23.2 Å². The van der Waals surface area contributed by atoms with Crippen LogP contribution in [0.25, 0.3) is 0 Å². The van der Waals surface area contributed by atoms with Crippen LogP contribution in [0, 0.1) is 0 Å². The first-order chi connectivity index (χ1) is 8.47. The summed E-state index contributed by atoms with van der Waals surface area (Å²) in [6, 6.07) is 6.91. The Hall–Kier alpha value is -1.88. The zero-order valence-corrected chi connectivity index (χ0v) is 10.6. The van der Waals surface area contributed by atoms with Crippen molar-refractivity contribution in [1.82, 2.24) is 0 Å². The van der Waals surface area contributed by atoms with Crippen molar-refractivity contribution in [3.05, 3.63) is 24.3 Å². The zero-order chi connectivity index (χ0) is 13.5. The second kappa shape index (κ2) is 6.76. The van der Waals surface area contributed by atoms with Crippen LogP contribution in [0.2, 0.25) is 0 Å². The molecule has 5 heteroatoms. The van der Waals surface area contributed by atoms with Crippen molar-refractivity contribution in [1.29, 1.82) is 0 Å². The van der Waals surface area contributed by atoms with Gasteiger partial charge in [0.25, 0.3) is 0 Å². The van der Waals surface area contributed by atoms with Gasteiger partial charge < -0.3 is 15.7 Å². The van der Waals surface area contributed by atoms with Crippen molar-refractivity contribution in [3.63, 3.8) is 0 Å². The summed E-state index contributed by atoms with van der Waals surface area (Å²) in [6.07, 6.45) is 0.209. The van der Waals surface area contributed by atoms with Crippen molar-refractivity contribution in [2.24, 2.45) is 0 Å². The molecule has 0 aliphatic carbocycles. The topological polar surface area (TPSA) is 78.4 Å². The molecule has 0 heterocycles. The van der Waals surface area contributed by atoms with E-state index in [1.165, 1.54) is 6.92 Å². The lowest BCUT2D eigenvalue weighted by molar-refractivity contribution is -0.116. The number of benzene rings is 1. The number of nitrogens with one attached hydrogen (secondary N) is 2. The summed E-state index contributed by atoms with van der Waals surface area (Å²) >= 11 is 0. The molecule has 0 aliphatic heterocycles. The van der Waals surface area contributed by atoms with E-state index >= 15 is 0 Å². The molecule has 98 valence electrons. The summed E-state index contributed by atoms with van der Waals surface area (Å²) in [5, 5.41) is 14.4. The highest BCUT2D eigenvalue weighted by Crippen LogP contribution is 2.15. The molecule has 0 saturated carbocycles. The molecule has 1 aromatic carbocycles. The lowest BCUT2D eigenvalue weighted by Gasteiger charge is -2.08. The van der Waals surface area contributed by atoms with Gasteiger partial charge in [0.1, 0.15) is 0 Å². The maximum Gasteiger partial charge on any atom is 0.224 e. The number of aliphatic hydroxyl groups excluding tert-OH is 1. The molecular weight excluding hydrogens is 232 g/mol. The minimum absolute atomic E-state index is 0.157. The lowest BCUT2D eigenvalue weighted by atomic mass is 10.2. The highest BCUT2D eigenvalue weighted by atomic mass is 16.3. The SMILES string of the molecule is CC(=O)Nc1cccc(NC(=O)CCC(C)O)c1. The van der Waals surface area contributed by atoms with Gasteiger partial charge in [-0.3, -0.25) is 9.59 Å². The number of carbonyl (C=O) groups excluding carboxylic acids is 2. The Morgan fingerprint density at radius 2 is 1.89 bits per heavy atom. The molecule has 0 radical (unpaired) electrons. The van der Waals surface area contributed by atoms with Crippen LogP contribution in [-0.4, -0.2) is 23.0 Å². The summed E-state index contributed by atoms with van der Waals surface area (Å²) in [5.74, 6) is -0.316. The van der Waals surface area contributed by atoms with E-state index in [1.54, 1.807) is 31.2 Å². The van der Waals surface area contributed by atoms with Gasteiger partial charge in [0.15, 0.2) is 0 Å². The highest BCUT2D eigenvalue weighted by Gasteiger charge is 2.05. The number of hydrogen-bond acceptors (Lipinski definition) is 3. The molecule has 3 N–H and O–H groups in total. The quantitative estimate of drug-likeness (QED) is 0.745. The van der Waals surface area contributed by atoms with Gasteiger partial charge in [0, 0.05) is 24.7 Å². The number of carbonyl (C=O) groups is 2. The second-order valence-corrected chi connectivity index (χ2v) is 4.20. The van der Waals surface area contributed by atoms with Crippen molar-refractivity contribution in [2.45, 2.75) is 32.8 Å². The first-order valence-corrected chi connectivity index (χ1v) is 5.83. The molecule has 0 aromatic heterocycles. The Bertz CT molecular complexity index is 430. The fourth-order valence-corrected chi connectivity index (χ4v) is 1.44. The Morgan fingerprint density at radius 1 is 1.28 bits per heavy atom. The predicted molar refractivity (Wildman–Crippen MR) is 70.3 cm³/mol. The minimum atomic E-state index is -0.485. The van der Waals surface area contributed by atoms with Gasteiger partial charge in [-0.1, -0.05) is 6.07 Å². The molecule has 1 unspecified atom stereocenters. The van der Waals surface area contributed by atoms with E-state index in [-0.39, 0.29) is 18.2 Å². The van der Waals surface area contributed by atoms with Gasteiger partial charge in [-0.2, -0.15) is 0 Å². The van der Waals surface area contributed by atoms with E-state index < -0.39 is 6.10 Å². The van der Waals surface area contributed by atoms with Crippen LogP contribution in [0.5, 0.6) is 0 Å². The molecule has 18 heavy (non-hydrogen) atoms. The first kappa shape index (κ1) is 14.2. The van der Waals surface area contributed by atoms with Crippen LogP contribution >= 0.6 is 0 Å². The molecule has 2 amide bonds. The third-order valence-corrected chi connectivity index (χ3v) is 2.26. The van der Waals surface area contributed by atoms with Crippen molar-refractivity contribution in [2.75, 3.05) is 10.6 Å². The molecular formula is C13H18N2O3. The van der Waals surface area contributed by atoms with Crippen LogP contribution in [0.3, 0.4) is 0 Å². The summed E-state index contributed by atoms with van der Waals surface area (Å²) < 4.78 is 0. The van der Waals surface area contributed by atoms with Crippen molar-refractivity contribution in [3.8, 4) is 0 Å². The number of rotatable bonds is 5. The average molecular weight is 250 g/mol. The van der Waals surface area contributed by atoms with Crippen LogP contribution < -0.4 is 10.6 Å². The smallest absolute Gasteiger partial charge is 0.224 e. The maximum absolute atomic E-state index is 11.5. The summed E-state index contributed by atoms with van der Waals surface area (Å²) in [7, 11) is 0. The minimum Gasteiger partial charge on any atom is -0.393 e. The lowest BCUT2D eigenvalue weighted by Crippen LogP contribution is -2.14. The summed E-state index contributed by atoms with van der Waals surface area (Å²) in [6.45, 7) is 3.07.